The summed E-state index contributed by atoms with van der Waals surface area (Å²) in [5.41, 5.74) is 5.32. The second kappa shape index (κ2) is 8.49. The van der Waals surface area contributed by atoms with E-state index < -0.39 is 0 Å². The maximum Gasteiger partial charge on any atom is 0.344 e. The molecule has 138 valence electrons. The predicted octanol–water partition coefficient (Wildman–Crippen LogP) is 5.57. The lowest BCUT2D eigenvalue weighted by Crippen LogP contribution is -2.10. The number of fused-ring (bicyclic) bond motifs is 1. The number of ether oxygens (including phenoxy) is 1. The van der Waals surface area contributed by atoms with Gasteiger partial charge in [-0.2, -0.15) is 5.10 Å². The summed E-state index contributed by atoms with van der Waals surface area (Å²) in [6, 6.07) is 22.4. The number of anilines is 1. The van der Waals surface area contributed by atoms with Crippen molar-refractivity contribution in [2.24, 2.45) is 5.10 Å². The van der Waals surface area contributed by atoms with Gasteiger partial charge in [0.05, 0.1) is 22.0 Å². The monoisotopic (exact) mass is 499 g/mol. The molecule has 4 aromatic rings. The summed E-state index contributed by atoms with van der Waals surface area (Å²) in [5.74, 6) is 0.116. The van der Waals surface area contributed by atoms with Crippen molar-refractivity contribution in [2.75, 3.05) is 5.43 Å². The van der Waals surface area contributed by atoms with E-state index in [9.17, 15) is 4.79 Å². The molecule has 3 aromatic carbocycles. The molecule has 0 amide bonds. The number of carbonyl (C=O) groups excluding carboxylic acids is 1. The minimum atomic E-state index is -0.371. The molecule has 1 aromatic heterocycles. The maximum absolute atomic E-state index is 12.3. The summed E-state index contributed by atoms with van der Waals surface area (Å²) >= 11 is 3.66. The van der Waals surface area contributed by atoms with Crippen LogP contribution in [-0.2, 0) is 0 Å². The topological polar surface area (TPSA) is 63.6 Å². The summed E-state index contributed by atoms with van der Waals surface area (Å²) < 4.78 is 7.40. The molecular formula is C21H14IN3O2S. The fraction of sp³-hybridized carbons (Fsp3) is 0. The van der Waals surface area contributed by atoms with E-state index in [1.165, 1.54) is 0 Å². The fourth-order valence-electron chi connectivity index (χ4n) is 2.49. The number of rotatable bonds is 5. The van der Waals surface area contributed by atoms with E-state index in [-0.39, 0.29) is 5.97 Å². The van der Waals surface area contributed by atoms with Crippen LogP contribution in [0.1, 0.15) is 15.9 Å². The van der Waals surface area contributed by atoms with Gasteiger partial charge in [0.1, 0.15) is 5.75 Å². The highest BCUT2D eigenvalue weighted by Gasteiger charge is 2.11. The zero-order valence-electron chi connectivity index (χ0n) is 14.5. The fourth-order valence-corrected chi connectivity index (χ4v) is 3.92. The highest BCUT2D eigenvalue weighted by molar-refractivity contribution is 14.1. The Bertz CT molecular complexity index is 1120. The number of benzene rings is 3. The molecule has 0 aliphatic carbocycles. The largest absolute Gasteiger partial charge is 0.423 e. The number of halogens is 1. The number of aromatic nitrogens is 1. The first-order valence-corrected chi connectivity index (χ1v) is 10.3. The van der Waals surface area contributed by atoms with Crippen LogP contribution < -0.4 is 10.2 Å². The molecule has 0 bridgehead atoms. The molecule has 0 saturated carbocycles. The van der Waals surface area contributed by atoms with Gasteiger partial charge in [0.2, 0.25) is 5.13 Å². The summed E-state index contributed by atoms with van der Waals surface area (Å²) in [6.45, 7) is 0. The van der Waals surface area contributed by atoms with Crippen molar-refractivity contribution >= 4 is 61.5 Å². The summed E-state index contributed by atoms with van der Waals surface area (Å²) in [7, 11) is 0. The predicted molar refractivity (Wildman–Crippen MR) is 121 cm³/mol. The molecule has 0 aliphatic rings. The Hall–Kier alpha value is -2.78. The molecule has 0 fully saturated rings. The average molecular weight is 499 g/mol. The lowest BCUT2D eigenvalue weighted by molar-refractivity contribution is 0.0733. The van der Waals surface area contributed by atoms with Crippen LogP contribution in [0.2, 0.25) is 0 Å². The molecular weight excluding hydrogens is 485 g/mol. The van der Waals surface area contributed by atoms with Gasteiger partial charge in [-0.15, -0.1) is 0 Å². The number of carbonyl (C=O) groups is 1. The third-order valence-electron chi connectivity index (χ3n) is 3.85. The first-order chi connectivity index (χ1) is 13.7. The first kappa shape index (κ1) is 18.6. The summed E-state index contributed by atoms with van der Waals surface area (Å²) in [6.07, 6.45) is 1.69. The molecule has 0 spiro atoms. The Morgan fingerprint density at radius 3 is 2.57 bits per heavy atom. The zero-order chi connectivity index (χ0) is 19.3. The normalized spacial score (nSPS) is 11.0. The van der Waals surface area contributed by atoms with E-state index >= 15 is 0 Å². The Morgan fingerprint density at radius 1 is 1.04 bits per heavy atom. The van der Waals surface area contributed by atoms with E-state index in [1.54, 1.807) is 35.8 Å². The van der Waals surface area contributed by atoms with E-state index in [0.717, 1.165) is 24.5 Å². The first-order valence-electron chi connectivity index (χ1n) is 8.40. The minimum Gasteiger partial charge on any atom is -0.423 e. The number of nitrogens with zero attached hydrogens (tertiary/aromatic N) is 2. The van der Waals surface area contributed by atoms with Crippen LogP contribution in [0.15, 0.2) is 77.9 Å². The maximum atomic E-state index is 12.3. The third-order valence-corrected chi connectivity index (χ3v) is 5.73. The molecule has 5 nitrogen and oxygen atoms in total. The molecule has 0 saturated heterocycles. The molecule has 4 rings (SSSR count). The van der Waals surface area contributed by atoms with Crippen LogP contribution in [0.3, 0.4) is 0 Å². The second-order valence-corrected chi connectivity index (χ2v) is 7.99. The van der Waals surface area contributed by atoms with Gasteiger partial charge in [-0.3, -0.25) is 5.43 Å². The van der Waals surface area contributed by atoms with Gasteiger partial charge < -0.3 is 4.74 Å². The van der Waals surface area contributed by atoms with Crippen molar-refractivity contribution in [3.8, 4) is 5.75 Å². The van der Waals surface area contributed by atoms with Crippen LogP contribution in [0, 0.1) is 3.57 Å². The average Bonchev–Trinajstić information content (AvgIpc) is 3.12. The molecule has 7 heteroatoms. The Morgan fingerprint density at radius 2 is 1.79 bits per heavy atom. The van der Waals surface area contributed by atoms with Gasteiger partial charge >= 0.3 is 5.97 Å². The van der Waals surface area contributed by atoms with Crippen LogP contribution in [0.4, 0.5) is 5.13 Å². The van der Waals surface area contributed by atoms with Crippen molar-refractivity contribution in [1.82, 2.24) is 4.98 Å². The van der Waals surface area contributed by atoms with E-state index in [4.69, 9.17) is 4.74 Å². The van der Waals surface area contributed by atoms with Gasteiger partial charge in [0.25, 0.3) is 0 Å². The van der Waals surface area contributed by atoms with Gasteiger partial charge in [-0.05, 0) is 76.7 Å². The van der Waals surface area contributed by atoms with Crippen molar-refractivity contribution in [3.05, 3.63) is 87.5 Å². The molecule has 0 atom stereocenters. The standard InChI is InChI=1S/C21H14IN3O2S/c22-17-6-2-1-5-16(17)20(26)27-15-11-9-14(10-12-15)13-23-25-21-24-18-7-3-4-8-19(18)28-21/h1-13H,(H,24,25)/b23-13-. The van der Waals surface area contributed by atoms with Crippen molar-refractivity contribution < 1.29 is 9.53 Å². The highest BCUT2D eigenvalue weighted by atomic mass is 127. The quantitative estimate of drug-likeness (QED) is 0.128. The number of hydrogen-bond donors (Lipinski definition) is 1. The van der Waals surface area contributed by atoms with Crippen LogP contribution >= 0.6 is 33.9 Å². The van der Waals surface area contributed by atoms with Crippen LogP contribution in [0.5, 0.6) is 5.75 Å². The van der Waals surface area contributed by atoms with E-state index in [1.807, 2.05) is 54.6 Å². The number of hydrogen-bond acceptors (Lipinski definition) is 6. The van der Waals surface area contributed by atoms with E-state index in [2.05, 4.69) is 38.1 Å². The number of nitrogens with one attached hydrogen (secondary N) is 1. The molecule has 1 N–H and O–H groups in total. The lowest BCUT2D eigenvalue weighted by atomic mass is 10.2. The molecule has 0 radical (unpaired) electrons. The Balaban J connectivity index is 1.38. The third kappa shape index (κ3) is 4.37. The lowest BCUT2D eigenvalue weighted by Gasteiger charge is -2.06. The zero-order valence-corrected chi connectivity index (χ0v) is 17.5. The summed E-state index contributed by atoms with van der Waals surface area (Å²) in [4.78, 5) is 16.7. The number of para-hydroxylation sites is 1. The minimum absolute atomic E-state index is 0.371. The van der Waals surface area contributed by atoms with Gasteiger partial charge in [-0.25, -0.2) is 9.78 Å². The Labute approximate surface area is 179 Å². The highest BCUT2D eigenvalue weighted by Crippen LogP contribution is 2.25. The van der Waals surface area contributed by atoms with Crippen molar-refractivity contribution in [1.29, 1.82) is 0 Å². The van der Waals surface area contributed by atoms with Crippen LogP contribution in [0.25, 0.3) is 10.2 Å². The van der Waals surface area contributed by atoms with Crippen molar-refractivity contribution in [2.45, 2.75) is 0 Å². The molecule has 1 heterocycles. The summed E-state index contributed by atoms with van der Waals surface area (Å²) in [5, 5.41) is 4.96. The Kier molecular flexibility index (Phi) is 5.63. The SMILES string of the molecule is O=C(Oc1ccc(/C=N\Nc2nc3ccccc3s2)cc1)c1ccccc1I. The molecule has 28 heavy (non-hydrogen) atoms. The van der Waals surface area contributed by atoms with Crippen LogP contribution in [-0.4, -0.2) is 17.2 Å². The second-order valence-electron chi connectivity index (χ2n) is 5.80. The smallest absolute Gasteiger partial charge is 0.344 e. The molecule has 0 aliphatic heterocycles. The number of esters is 1. The number of hydrazone groups is 1. The number of thiazole rings is 1. The van der Waals surface area contributed by atoms with Gasteiger partial charge in [0.15, 0.2) is 0 Å². The van der Waals surface area contributed by atoms with E-state index in [0.29, 0.717) is 11.3 Å². The molecule has 0 unspecified atom stereocenters. The van der Waals surface area contributed by atoms with Crippen molar-refractivity contribution in [3.63, 3.8) is 0 Å². The van der Waals surface area contributed by atoms with Gasteiger partial charge in [0, 0.05) is 3.57 Å². The van der Waals surface area contributed by atoms with Gasteiger partial charge in [-0.1, -0.05) is 35.6 Å².